The molecule has 27 heavy (non-hydrogen) atoms. The Morgan fingerprint density at radius 3 is 2.78 bits per heavy atom. The van der Waals surface area contributed by atoms with Crippen molar-refractivity contribution in [2.24, 2.45) is 0 Å². The summed E-state index contributed by atoms with van der Waals surface area (Å²) in [5.74, 6) is 0.753. The summed E-state index contributed by atoms with van der Waals surface area (Å²) in [7, 11) is 0. The van der Waals surface area contributed by atoms with Crippen LogP contribution in [0.25, 0.3) is 16.8 Å². The number of aryl methyl sites for hydroxylation is 2. The van der Waals surface area contributed by atoms with Crippen LogP contribution in [0.4, 0.5) is 5.69 Å². The van der Waals surface area contributed by atoms with Gasteiger partial charge in [-0.3, -0.25) is 0 Å². The van der Waals surface area contributed by atoms with Gasteiger partial charge in [-0.2, -0.15) is 5.26 Å². The molecule has 0 aliphatic carbocycles. The number of aromatic nitrogens is 1. The molecule has 0 radical (unpaired) electrons. The maximum absolute atomic E-state index is 9.57. The van der Waals surface area contributed by atoms with E-state index in [1.165, 1.54) is 22.5 Å². The predicted octanol–water partition coefficient (Wildman–Crippen LogP) is 5.80. The Bertz CT molecular complexity index is 1010. The van der Waals surface area contributed by atoms with Gasteiger partial charge in [-0.1, -0.05) is 24.3 Å². The average Bonchev–Trinajstić information content (AvgIpc) is 3.16. The number of hydrogen-bond acceptors (Lipinski definition) is 5. The zero-order valence-corrected chi connectivity index (χ0v) is 16.4. The fraction of sp³-hybridized carbons (Fsp3) is 0.182. The fourth-order valence-electron chi connectivity index (χ4n) is 2.59. The van der Waals surface area contributed by atoms with Crippen LogP contribution in [-0.4, -0.2) is 11.6 Å². The molecular weight excluding hydrogens is 354 g/mol. The van der Waals surface area contributed by atoms with E-state index in [1.807, 2.05) is 36.6 Å². The van der Waals surface area contributed by atoms with Gasteiger partial charge in [-0.15, -0.1) is 11.3 Å². The number of allylic oxidation sites excluding steroid dienone is 1. The van der Waals surface area contributed by atoms with E-state index in [9.17, 15) is 5.26 Å². The van der Waals surface area contributed by atoms with Gasteiger partial charge in [0, 0.05) is 17.1 Å². The second kappa shape index (κ2) is 8.52. The SMILES string of the molecule is CCOc1ccccc1N/C=C(/C#N)c1nc(-c2ccc(C)c(C)c2)cs1. The van der Waals surface area contributed by atoms with Crippen LogP contribution in [0.1, 0.15) is 23.1 Å². The van der Waals surface area contributed by atoms with Gasteiger partial charge in [-0.05, 0) is 50.1 Å². The molecular formula is C22H21N3OS. The normalized spacial score (nSPS) is 11.1. The fourth-order valence-corrected chi connectivity index (χ4v) is 3.38. The Morgan fingerprint density at radius 1 is 1.22 bits per heavy atom. The first-order valence-corrected chi connectivity index (χ1v) is 9.62. The highest BCUT2D eigenvalue weighted by molar-refractivity contribution is 7.11. The summed E-state index contributed by atoms with van der Waals surface area (Å²) in [5, 5.41) is 15.4. The number of ether oxygens (including phenoxy) is 1. The Hall–Kier alpha value is -3.10. The zero-order valence-electron chi connectivity index (χ0n) is 15.6. The molecule has 0 bridgehead atoms. The molecule has 0 saturated carbocycles. The predicted molar refractivity (Wildman–Crippen MR) is 112 cm³/mol. The molecule has 0 unspecified atom stereocenters. The molecule has 0 atom stereocenters. The van der Waals surface area contributed by atoms with Crippen LogP contribution < -0.4 is 10.1 Å². The van der Waals surface area contributed by atoms with E-state index in [1.54, 1.807) is 6.20 Å². The first-order valence-electron chi connectivity index (χ1n) is 8.74. The zero-order chi connectivity index (χ0) is 19.2. The smallest absolute Gasteiger partial charge is 0.142 e. The van der Waals surface area contributed by atoms with Crippen LogP contribution in [0.15, 0.2) is 54.0 Å². The second-order valence-electron chi connectivity index (χ2n) is 6.08. The number of nitrogens with one attached hydrogen (secondary N) is 1. The molecule has 3 aromatic rings. The number of hydrogen-bond donors (Lipinski definition) is 1. The Morgan fingerprint density at radius 2 is 2.04 bits per heavy atom. The first-order chi connectivity index (χ1) is 13.1. The lowest BCUT2D eigenvalue weighted by Crippen LogP contribution is -1.97. The molecule has 0 spiro atoms. The Labute approximate surface area is 163 Å². The molecule has 3 rings (SSSR count). The molecule has 136 valence electrons. The van der Waals surface area contributed by atoms with Gasteiger partial charge in [0.1, 0.15) is 22.4 Å². The first kappa shape index (κ1) is 18.7. The van der Waals surface area contributed by atoms with Gasteiger partial charge in [0.2, 0.25) is 0 Å². The third kappa shape index (κ3) is 4.36. The quantitative estimate of drug-likeness (QED) is 0.553. The number of thiazole rings is 1. The molecule has 0 amide bonds. The van der Waals surface area contributed by atoms with E-state index in [0.717, 1.165) is 22.7 Å². The van der Waals surface area contributed by atoms with E-state index in [2.05, 4.69) is 48.4 Å². The summed E-state index contributed by atoms with van der Waals surface area (Å²) in [4.78, 5) is 4.65. The number of benzene rings is 2. The Kier molecular flexibility index (Phi) is 5.90. The van der Waals surface area contributed by atoms with Crippen molar-refractivity contribution < 1.29 is 4.74 Å². The van der Waals surface area contributed by atoms with Crippen molar-refractivity contribution in [1.82, 2.24) is 4.98 Å². The number of nitrogens with zero attached hydrogens (tertiary/aromatic N) is 2. The summed E-state index contributed by atoms with van der Waals surface area (Å²) in [6.07, 6.45) is 1.68. The van der Waals surface area contributed by atoms with Crippen molar-refractivity contribution in [1.29, 1.82) is 5.26 Å². The van der Waals surface area contributed by atoms with Gasteiger partial charge in [0.05, 0.1) is 18.0 Å². The molecule has 0 fully saturated rings. The van der Waals surface area contributed by atoms with Gasteiger partial charge in [0.25, 0.3) is 0 Å². The topological polar surface area (TPSA) is 57.9 Å². The number of nitriles is 1. The number of rotatable bonds is 6. The molecule has 2 aromatic carbocycles. The van der Waals surface area contributed by atoms with E-state index < -0.39 is 0 Å². The van der Waals surface area contributed by atoms with Gasteiger partial charge >= 0.3 is 0 Å². The van der Waals surface area contributed by atoms with Crippen LogP contribution in [-0.2, 0) is 0 Å². The highest BCUT2D eigenvalue weighted by atomic mass is 32.1. The summed E-state index contributed by atoms with van der Waals surface area (Å²) >= 11 is 1.46. The van der Waals surface area contributed by atoms with Crippen LogP contribution in [0, 0.1) is 25.2 Å². The minimum Gasteiger partial charge on any atom is -0.492 e. The molecule has 0 aliphatic heterocycles. The number of anilines is 1. The van der Waals surface area contributed by atoms with Gasteiger partial charge in [-0.25, -0.2) is 4.98 Å². The summed E-state index contributed by atoms with van der Waals surface area (Å²) < 4.78 is 5.60. The summed E-state index contributed by atoms with van der Waals surface area (Å²) in [6, 6.07) is 16.2. The average molecular weight is 375 g/mol. The van der Waals surface area contributed by atoms with Gasteiger partial charge in [0.15, 0.2) is 0 Å². The maximum Gasteiger partial charge on any atom is 0.142 e. The maximum atomic E-state index is 9.57. The molecule has 1 heterocycles. The highest BCUT2D eigenvalue weighted by Gasteiger charge is 2.10. The molecule has 1 aromatic heterocycles. The van der Waals surface area contributed by atoms with Crippen LogP contribution in [0.2, 0.25) is 0 Å². The summed E-state index contributed by atoms with van der Waals surface area (Å²) in [6.45, 7) is 6.71. The lowest BCUT2D eigenvalue weighted by Gasteiger charge is -2.09. The van der Waals surface area contributed by atoms with Crippen LogP contribution >= 0.6 is 11.3 Å². The second-order valence-corrected chi connectivity index (χ2v) is 6.94. The molecule has 0 aliphatic rings. The lowest BCUT2D eigenvalue weighted by atomic mass is 10.1. The van der Waals surface area contributed by atoms with E-state index >= 15 is 0 Å². The van der Waals surface area contributed by atoms with Crippen molar-refractivity contribution in [3.05, 3.63) is 70.2 Å². The minimum atomic E-state index is 0.487. The summed E-state index contributed by atoms with van der Waals surface area (Å²) in [5.41, 5.74) is 5.73. The molecule has 4 nitrogen and oxygen atoms in total. The monoisotopic (exact) mass is 375 g/mol. The van der Waals surface area contributed by atoms with Crippen molar-refractivity contribution in [3.63, 3.8) is 0 Å². The number of para-hydroxylation sites is 2. The standard InChI is InChI=1S/C22H21N3OS/c1-4-26-21-8-6-5-7-19(21)24-13-18(12-23)22-25-20(14-27-22)17-10-9-15(2)16(3)11-17/h5-11,13-14,24H,4H2,1-3H3/b18-13-. The third-order valence-electron chi connectivity index (χ3n) is 4.22. The van der Waals surface area contributed by atoms with Crippen LogP contribution in [0.5, 0.6) is 5.75 Å². The third-order valence-corrected chi connectivity index (χ3v) is 5.09. The molecule has 0 saturated heterocycles. The molecule has 1 N–H and O–H groups in total. The Balaban J connectivity index is 1.84. The van der Waals surface area contributed by atoms with E-state index in [4.69, 9.17) is 4.74 Å². The lowest BCUT2D eigenvalue weighted by molar-refractivity contribution is 0.342. The van der Waals surface area contributed by atoms with E-state index in [-0.39, 0.29) is 0 Å². The van der Waals surface area contributed by atoms with Crippen molar-refractivity contribution in [2.45, 2.75) is 20.8 Å². The van der Waals surface area contributed by atoms with Crippen LogP contribution in [0.3, 0.4) is 0 Å². The van der Waals surface area contributed by atoms with Crippen molar-refractivity contribution in [2.75, 3.05) is 11.9 Å². The largest absolute Gasteiger partial charge is 0.492 e. The van der Waals surface area contributed by atoms with Crippen molar-refractivity contribution >= 4 is 22.6 Å². The highest BCUT2D eigenvalue weighted by Crippen LogP contribution is 2.28. The minimum absolute atomic E-state index is 0.487. The van der Waals surface area contributed by atoms with E-state index in [0.29, 0.717) is 17.2 Å². The van der Waals surface area contributed by atoms with Gasteiger partial charge < -0.3 is 10.1 Å². The van der Waals surface area contributed by atoms with Crippen molar-refractivity contribution in [3.8, 4) is 23.1 Å². The molecule has 5 heteroatoms.